The monoisotopic (exact) mass is 172 g/mol. The van der Waals surface area contributed by atoms with Crippen LogP contribution in [0.15, 0.2) is 17.7 Å². The van der Waals surface area contributed by atoms with Gasteiger partial charge in [-0.15, -0.1) is 0 Å². The molecule has 13 heavy (non-hydrogen) atoms. The Morgan fingerprint density at radius 1 is 1.08 bits per heavy atom. The second-order valence-corrected chi connectivity index (χ2v) is 4.12. The van der Waals surface area contributed by atoms with Crippen LogP contribution in [0.3, 0.4) is 0 Å². The number of hydrogen-bond acceptors (Lipinski definition) is 0. The minimum atomic E-state index is 0.620. The number of rotatable bonds is 0. The molecular weight excluding hydrogens is 156 g/mol. The first-order valence-corrected chi connectivity index (χ1v) is 4.89. The second kappa shape index (κ2) is 2.73. The summed E-state index contributed by atoms with van der Waals surface area (Å²) in [4.78, 5) is 0. The molecule has 0 N–H and O–H groups in total. The zero-order valence-corrected chi connectivity index (χ0v) is 8.81. The molecule has 1 aromatic rings. The Morgan fingerprint density at radius 2 is 1.77 bits per heavy atom. The lowest BCUT2D eigenvalue weighted by Gasteiger charge is -2.13. The zero-order valence-electron chi connectivity index (χ0n) is 8.81. The molecule has 1 aromatic carbocycles. The lowest BCUT2D eigenvalue weighted by atomic mass is 9.92. The molecule has 2 rings (SSSR count). The fraction of sp³-hybridized carbons (Fsp3) is 0.385. The first kappa shape index (κ1) is 8.55. The maximum Gasteiger partial charge on any atom is 0.00290 e. The van der Waals surface area contributed by atoms with E-state index in [-0.39, 0.29) is 0 Å². The highest BCUT2D eigenvalue weighted by Crippen LogP contribution is 2.38. The molecular formula is C13H16. The summed E-state index contributed by atoms with van der Waals surface area (Å²) in [6.07, 6.45) is 2.31. The molecule has 0 aliphatic heterocycles. The first-order valence-electron chi connectivity index (χ1n) is 4.89. The molecule has 0 saturated carbocycles. The van der Waals surface area contributed by atoms with Crippen molar-refractivity contribution in [2.75, 3.05) is 0 Å². The number of benzene rings is 1. The largest absolute Gasteiger partial charge is 0.0655 e. The van der Waals surface area contributed by atoms with Crippen LogP contribution >= 0.6 is 0 Å². The normalized spacial score (nSPS) is 20.0. The third kappa shape index (κ3) is 1.13. The van der Waals surface area contributed by atoms with Crippen molar-refractivity contribution in [3.8, 4) is 0 Å². The van der Waals surface area contributed by atoms with Crippen molar-refractivity contribution in [2.45, 2.75) is 33.6 Å². The maximum atomic E-state index is 2.31. The molecule has 0 amide bonds. The highest BCUT2D eigenvalue weighted by atomic mass is 14.2. The van der Waals surface area contributed by atoms with Gasteiger partial charge >= 0.3 is 0 Å². The van der Waals surface area contributed by atoms with Crippen molar-refractivity contribution in [3.05, 3.63) is 40.0 Å². The number of fused-ring (bicyclic) bond motifs is 1. The van der Waals surface area contributed by atoms with Gasteiger partial charge in [0.1, 0.15) is 0 Å². The fourth-order valence-electron chi connectivity index (χ4n) is 2.16. The highest BCUT2D eigenvalue weighted by molar-refractivity contribution is 5.68. The summed E-state index contributed by atoms with van der Waals surface area (Å²) < 4.78 is 0. The lowest BCUT2D eigenvalue weighted by Crippen LogP contribution is -1.96. The van der Waals surface area contributed by atoms with E-state index in [1.807, 2.05) is 0 Å². The quantitative estimate of drug-likeness (QED) is 0.558. The van der Waals surface area contributed by atoms with Gasteiger partial charge in [-0.2, -0.15) is 0 Å². The molecule has 0 fully saturated rings. The van der Waals surface area contributed by atoms with Crippen LogP contribution in [0.1, 0.15) is 42.0 Å². The zero-order chi connectivity index (χ0) is 9.59. The summed E-state index contributed by atoms with van der Waals surface area (Å²) >= 11 is 0. The van der Waals surface area contributed by atoms with E-state index in [0.717, 1.165) is 0 Å². The van der Waals surface area contributed by atoms with E-state index >= 15 is 0 Å². The summed E-state index contributed by atoms with van der Waals surface area (Å²) in [5.74, 6) is 0.620. The molecule has 0 heterocycles. The molecule has 0 saturated heterocycles. The minimum Gasteiger partial charge on any atom is -0.0655 e. The summed E-state index contributed by atoms with van der Waals surface area (Å²) in [5, 5.41) is 0. The molecule has 1 unspecified atom stereocenters. The van der Waals surface area contributed by atoms with E-state index in [9.17, 15) is 0 Å². The van der Waals surface area contributed by atoms with E-state index in [1.54, 1.807) is 0 Å². The third-order valence-electron chi connectivity index (χ3n) is 3.32. The summed E-state index contributed by atoms with van der Waals surface area (Å²) in [7, 11) is 0. The molecule has 1 aliphatic rings. The highest BCUT2D eigenvalue weighted by Gasteiger charge is 2.20. The van der Waals surface area contributed by atoms with E-state index in [4.69, 9.17) is 0 Å². The molecule has 68 valence electrons. The van der Waals surface area contributed by atoms with Crippen molar-refractivity contribution in [1.29, 1.82) is 0 Å². The van der Waals surface area contributed by atoms with Gasteiger partial charge in [0.2, 0.25) is 0 Å². The first-order chi connectivity index (χ1) is 6.11. The van der Waals surface area contributed by atoms with Crippen LogP contribution in [-0.4, -0.2) is 0 Å². The molecule has 0 nitrogen and oxygen atoms in total. The van der Waals surface area contributed by atoms with Crippen LogP contribution in [0.4, 0.5) is 0 Å². The molecule has 1 aliphatic carbocycles. The van der Waals surface area contributed by atoms with Crippen LogP contribution in [0, 0.1) is 13.8 Å². The lowest BCUT2D eigenvalue weighted by molar-refractivity contribution is 0.907. The molecule has 0 spiro atoms. The molecule has 1 atom stereocenters. The Bertz CT molecular complexity index is 383. The Hall–Kier alpha value is -1.04. The molecule has 0 heteroatoms. The Kier molecular flexibility index (Phi) is 1.80. The van der Waals surface area contributed by atoms with Gasteiger partial charge in [-0.05, 0) is 43.0 Å². The van der Waals surface area contributed by atoms with Gasteiger partial charge in [0.05, 0.1) is 0 Å². The van der Waals surface area contributed by atoms with Crippen molar-refractivity contribution in [1.82, 2.24) is 0 Å². The van der Waals surface area contributed by atoms with Gasteiger partial charge in [-0.1, -0.05) is 30.7 Å². The van der Waals surface area contributed by atoms with Gasteiger partial charge in [0.15, 0.2) is 0 Å². The number of aryl methyl sites for hydroxylation is 1. The molecule has 0 bridgehead atoms. The van der Waals surface area contributed by atoms with Gasteiger partial charge in [-0.25, -0.2) is 0 Å². The van der Waals surface area contributed by atoms with Crippen molar-refractivity contribution < 1.29 is 0 Å². The molecule has 0 aromatic heterocycles. The van der Waals surface area contributed by atoms with Crippen LogP contribution in [-0.2, 0) is 0 Å². The Labute approximate surface area is 80.3 Å². The smallest absolute Gasteiger partial charge is 0.00290 e. The van der Waals surface area contributed by atoms with Gasteiger partial charge in [-0.3, -0.25) is 0 Å². The average Bonchev–Trinajstić information content (AvgIpc) is 2.37. The standard InChI is InChI=1S/C13H16/c1-8-5-6-12-7-9(2)11(4)13(12)10(8)3/h5-7,11H,1-4H3. The average molecular weight is 172 g/mol. The summed E-state index contributed by atoms with van der Waals surface area (Å²) in [5.41, 5.74) is 7.33. The Balaban J connectivity index is 2.66. The van der Waals surface area contributed by atoms with Gasteiger partial charge in [0, 0.05) is 5.92 Å². The number of hydrogen-bond donors (Lipinski definition) is 0. The topological polar surface area (TPSA) is 0 Å². The summed E-state index contributed by atoms with van der Waals surface area (Å²) in [6.45, 7) is 8.94. The van der Waals surface area contributed by atoms with E-state index in [2.05, 4.69) is 45.9 Å². The van der Waals surface area contributed by atoms with Crippen molar-refractivity contribution in [2.24, 2.45) is 0 Å². The van der Waals surface area contributed by atoms with Gasteiger partial charge < -0.3 is 0 Å². The van der Waals surface area contributed by atoms with Crippen LogP contribution < -0.4 is 0 Å². The van der Waals surface area contributed by atoms with Crippen molar-refractivity contribution in [3.63, 3.8) is 0 Å². The SMILES string of the molecule is CC1=Cc2ccc(C)c(C)c2C1C. The fourth-order valence-corrected chi connectivity index (χ4v) is 2.16. The predicted molar refractivity (Wildman–Crippen MR) is 58.0 cm³/mol. The van der Waals surface area contributed by atoms with E-state index < -0.39 is 0 Å². The van der Waals surface area contributed by atoms with Gasteiger partial charge in [0.25, 0.3) is 0 Å². The van der Waals surface area contributed by atoms with Crippen LogP contribution in [0.2, 0.25) is 0 Å². The van der Waals surface area contributed by atoms with Crippen LogP contribution in [0.25, 0.3) is 6.08 Å². The minimum absolute atomic E-state index is 0.620. The summed E-state index contributed by atoms with van der Waals surface area (Å²) in [6, 6.07) is 4.46. The number of allylic oxidation sites excluding steroid dienone is 1. The third-order valence-corrected chi connectivity index (χ3v) is 3.32. The second-order valence-electron chi connectivity index (χ2n) is 4.12. The van der Waals surface area contributed by atoms with E-state index in [0.29, 0.717) is 5.92 Å². The van der Waals surface area contributed by atoms with E-state index in [1.165, 1.54) is 27.8 Å². The van der Waals surface area contributed by atoms with Crippen molar-refractivity contribution >= 4 is 6.08 Å². The predicted octanol–water partition coefficient (Wildman–Crippen LogP) is 3.82. The van der Waals surface area contributed by atoms with Crippen LogP contribution in [0.5, 0.6) is 0 Å². The Morgan fingerprint density at radius 3 is 2.46 bits per heavy atom. The molecule has 0 radical (unpaired) electrons. The maximum absolute atomic E-state index is 2.31.